The molecule has 1 amide bonds. The number of hydrogen-bond acceptors (Lipinski definition) is 3. The van der Waals surface area contributed by atoms with E-state index in [-0.39, 0.29) is 24.8 Å². The van der Waals surface area contributed by atoms with Gasteiger partial charge >= 0.3 is 0 Å². The van der Waals surface area contributed by atoms with Crippen molar-refractivity contribution < 1.29 is 14.3 Å². The molecule has 0 spiro atoms. The first-order valence-electron chi connectivity index (χ1n) is 7.03. The Kier molecular flexibility index (Phi) is 6.43. The molecule has 2 aromatic rings. The maximum Gasteiger partial charge on any atom is 0.221 e. The molecule has 0 aromatic heterocycles. The van der Waals surface area contributed by atoms with Crippen molar-refractivity contribution in [3.8, 4) is 0 Å². The molecule has 0 bridgehead atoms. The van der Waals surface area contributed by atoms with Crippen molar-refractivity contribution in [2.45, 2.75) is 17.4 Å². The summed E-state index contributed by atoms with van der Waals surface area (Å²) in [6.45, 7) is -0.157. The molecule has 1 atom stereocenters. The van der Waals surface area contributed by atoms with Gasteiger partial charge in [-0.15, -0.1) is 11.8 Å². The first-order valence-corrected chi connectivity index (χ1v) is 8.01. The van der Waals surface area contributed by atoms with E-state index in [1.807, 2.05) is 30.3 Å². The molecule has 116 valence electrons. The van der Waals surface area contributed by atoms with Gasteiger partial charge in [0.2, 0.25) is 5.91 Å². The molecule has 2 aromatic carbocycles. The van der Waals surface area contributed by atoms with Crippen molar-refractivity contribution in [3.63, 3.8) is 0 Å². The van der Waals surface area contributed by atoms with Crippen LogP contribution in [0.3, 0.4) is 0 Å². The molecule has 2 rings (SSSR count). The zero-order valence-corrected chi connectivity index (χ0v) is 12.9. The maximum atomic E-state index is 13.4. The molecular formula is C17H18FNO2S. The predicted octanol–water partition coefficient (Wildman–Crippen LogP) is 3.16. The lowest BCUT2D eigenvalue weighted by Crippen LogP contribution is -2.30. The summed E-state index contributed by atoms with van der Waals surface area (Å²) < 4.78 is 13.4. The number of aliphatic hydroxyl groups is 1. The van der Waals surface area contributed by atoms with Crippen LogP contribution in [0, 0.1) is 5.82 Å². The number of benzene rings is 2. The quantitative estimate of drug-likeness (QED) is 0.771. The van der Waals surface area contributed by atoms with E-state index in [1.165, 1.54) is 17.8 Å². The second-order valence-corrected chi connectivity index (χ2v) is 5.88. The van der Waals surface area contributed by atoms with Crippen molar-refractivity contribution in [1.29, 1.82) is 0 Å². The highest BCUT2D eigenvalue weighted by atomic mass is 32.2. The highest BCUT2D eigenvalue weighted by Gasteiger charge is 2.13. The van der Waals surface area contributed by atoms with Gasteiger partial charge in [-0.2, -0.15) is 0 Å². The van der Waals surface area contributed by atoms with Gasteiger partial charge in [-0.25, -0.2) is 4.39 Å². The van der Waals surface area contributed by atoms with Gasteiger partial charge in [-0.3, -0.25) is 4.79 Å². The summed E-state index contributed by atoms with van der Waals surface area (Å²) in [5.41, 5.74) is 0.861. The van der Waals surface area contributed by atoms with Gasteiger partial charge in [-0.1, -0.05) is 42.5 Å². The Bertz CT molecular complexity index is 607. The molecule has 1 unspecified atom stereocenters. The van der Waals surface area contributed by atoms with Crippen LogP contribution in [0.1, 0.15) is 18.0 Å². The summed E-state index contributed by atoms with van der Waals surface area (Å²) in [6, 6.07) is 15.4. The zero-order chi connectivity index (χ0) is 15.8. The van der Waals surface area contributed by atoms with Gasteiger partial charge < -0.3 is 10.4 Å². The SMILES string of the molecule is O=C(CCSc1ccccc1F)NC(CO)c1ccccc1. The van der Waals surface area contributed by atoms with E-state index in [1.54, 1.807) is 18.2 Å². The maximum absolute atomic E-state index is 13.4. The Labute approximate surface area is 133 Å². The number of amides is 1. The molecule has 0 saturated carbocycles. The fraction of sp³-hybridized carbons (Fsp3) is 0.235. The Morgan fingerprint density at radius 3 is 2.50 bits per heavy atom. The first-order chi connectivity index (χ1) is 10.7. The van der Waals surface area contributed by atoms with Crippen LogP contribution in [0.25, 0.3) is 0 Å². The van der Waals surface area contributed by atoms with Crippen molar-refractivity contribution >= 4 is 17.7 Å². The van der Waals surface area contributed by atoms with Crippen LogP contribution in [-0.4, -0.2) is 23.4 Å². The minimum atomic E-state index is -0.410. The molecule has 2 N–H and O–H groups in total. The van der Waals surface area contributed by atoms with E-state index >= 15 is 0 Å². The van der Waals surface area contributed by atoms with Crippen LogP contribution in [0.2, 0.25) is 0 Å². The molecule has 0 saturated heterocycles. The van der Waals surface area contributed by atoms with Crippen LogP contribution in [0.4, 0.5) is 4.39 Å². The van der Waals surface area contributed by atoms with Gasteiger partial charge in [0.15, 0.2) is 0 Å². The smallest absolute Gasteiger partial charge is 0.221 e. The third-order valence-corrected chi connectivity index (χ3v) is 4.19. The normalized spacial score (nSPS) is 11.9. The molecule has 0 heterocycles. The summed E-state index contributed by atoms with van der Waals surface area (Å²) in [7, 11) is 0. The van der Waals surface area contributed by atoms with E-state index in [2.05, 4.69) is 5.32 Å². The largest absolute Gasteiger partial charge is 0.394 e. The van der Waals surface area contributed by atoms with Gasteiger partial charge in [0.05, 0.1) is 12.6 Å². The number of aliphatic hydroxyl groups excluding tert-OH is 1. The highest BCUT2D eigenvalue weighted by Crippen LogP contribution is 2.22. The fourth-order valence-electron chi connectivity index (χ4n) is 2.00. The average Bonchev–Trinajstić information content (AvgIpc) is 2.55. The third kappa shape index (κ3) is 4.86. The summed E-state index contributed by atoms with van der Waals surface area (Å²) in [6.07, 6.45) is 0.266. The van der Waals surface area contributed by atoms with Crippen LogP contribution in [-0.2, 0) is 4.79 Å². The number of rotatable bonds is 7. The van der Waals surface area contributed by atoms with Crippen molar-refractivity contribution in [3.05, 3.63) is 66.0 Å². The van der Waals surface area contributed by atoms with Gasteiger partial charge in [0.25, 0.3) is 0 Å². The topological polar surface area (TPSA) is 49.3 Å². The van der Waals surface area contributed by atoms with Crippen molar-refractivity contribution in [2.75, 3.05) is 12.4 Å². The molecule has 0 aliphatic rings. The molecule has 0 aliphatic heterocycles. The Balaban J connectivity index is 1.81. The van der Waals surface area contributed by atoms with Crippen LogP contribution in [0.15, 0.2) is 59.5 Å². The Morgan fingerprint density at radius 2 is 1.82 bits per heavy atom. The molecule has 0 aliphatic carbocycles. The number of thioether (sulfide) groups is 1. The van der Waals surface area contributed by atoms with Gasteiger partial charge in [-0.05, 0) is 17.7 Å². The van der Waals surface area contributed by atoms with Gasteiger partial charge in [0.1, 0.15) is 5.82 Å². The highest BCUT2D eigenvalue weighted by molar-refractivity contribution is 7.99. The van der Waals surface area contributed by atoms with E-state index in [4.69, 9.17) is 0 Å². The van der Waals surface area contributed by atoms with Crippen molar-refractivity contribution in [2.24, 2.45) is 0 Å². The number of carbonyl (C=O) groups excluding carboxylic acids is 1. The van der Waals surface area contributed by atoms with Crippen LogP contribution < -0.4 is 5.32 Å². The fourth-order valence-corrected chi connectivity index (χ4v) is 2.89. The van der Waals surface area contributed by atoms with E-state index in [0.29, 0.717) is 10.6 Å². The summed E-state index contributed by atoms with van der Waals surface area (Å²) >= 11 is 1.31. The molecule has 0 radical (unpaired) electrons. The van der Waals surface area contributed by atoms with E-state index < -0.39 is 6.04 Å². The number of carbonyl (C=O) groups is 1. The van der Waals surface area contributed by atoms with Crippen LogP contribution in [0.5, 0.6) is 0 Å². The number of halogens is 1. The summed E-state index contributed by atoms with van der Waals surface area (Å²) in [4.78, 5) is 12.5. The third-order valence-electron chi connectivity index (χ3n) is 3.14. The Hall–Kier alpha value is -1.85. The molecule has 22 heavy (non-hydrogen) atoms. The van der Waals surface area contributed by atoms with Gasteiger partial charge in [0, 0.05) is 17.1 Å². The van der Waals surface area contributed by atoms with E-state index in [9.17, 15) is 14.3 Å². The second kappa shape index (κ2) is 8.56. The van der Waals surface area contributed by atoms with E-state index in [0.717, 1.165) is 5.56 Å². The number of nitrogens with one attached hydrogen (secondary N) is 1. The minimum absolute atomic E-state index is 0.157. The monoisotopic (exact) mass is 319 g/mol. The number of hydrogen-bond donors (Lipinski definition) is 2. The second-order valence-electron chi connectivity index (χ2n) is 4.74. The molecular weight excluding hydrogens is 301 g/mol. The van der Waals surface area contributed by atoms with Crippen molar-refractivity contribution in [1.82, 2.24) is 5.32 Å². The predicted molar refractivity (Wildman–Crippen MR) is 86.2 cm³/mol. The summed E-state index contributed by atoms with van der Waals surface area (Å²) in [5.74, 6) is 0.0526. The molecule has 3 nitrogen and oxygen atoms in total. The molecule has 0 fully saturated rings. The van der Waals surface area contributed by atoms with Crippen LogP contribution >= 0.6 is 11.8 Å². The molecule has 5 heteroatoms. The lowest BCUT2D eigenvalue weighted by molar-refractivity contribution is -0.121. The standard InChI is InChI=1S/C17H18FNO2S/c18-14-8-4-5-9-16(14)22-11-10-17(21)19-15(12-20)13-6-2-1-3-7-13/h1-9,15,20H,10-12H2,(H,19,21). The first kappa shape index (κ1) is 16.5. The average molecular weight is 319 g/mol. The lowest BCUT2D eigenvalue weighted by atomic mass is 10.1. The summed E-state index contributed by atoms with van der Waals surface area (Å²) in [5, 5.41) is 12.2. The lowest BCUT2D eigenvalue weighted by Gasteiger charge is -2.16. The minimum Gasteiger partial charge on any atom is -0.394 e. The Morgan fingerprint density at radius 1 is 1.14 bits per heavy atom. The zero-order valence-electron chi connectivity index (χ0n) is 12.0.